The van der Waals surface area contributed by atoms with Crippen LogP contribution < -0.4 is 5.32 Å². The van der Waals surface area contributed by atoms with Gasteiger partial charge in [0, 0.05) is 6.07 Å². The Morgan fingerprint density at radius 2 is 2.19 bits per heavy atom. The molecular weight excluding hydrogens is 275 g/mol. The van der Waals surface area contributed by atoms with Crippen molar-refractivity contribution in [3.8, 4) is 6.07 Å². The number of nitrogens with one attached hydrogen (secondary N) is 1. The minimum Gasteiger partial charge on any atom is -0.371 e. The highest BCUT2D eigenvalue weighted by Gasteiger charge is 2.17. The minimum atomic E-state index is -0.562. The molecule has 1 heterocycles. The van der Waals surface area contributed by atoms with Crippen molar-refractivity contribution in [1.29, 1.82) is 5.26 Å². The molecule has 1 aromatic carbocycles. The second kappa shape index (κ2) is 5.96. The van der Waals surface area contributed by atoms with Crippen molar-refractivity contribution in [3.05, 3.63) is 63.7 Å². The Morgan fingerprint density at radius 3 is 2.76 bits per heavy atom. The molecule has 0 radical (unpaired) electrons. The molecular formula is C14H11FN4O2. The van der Waals surface area contributed by atoms with Gasteiger partial charge in [0.05, 0.1) is 34.5 Å². The predicted molar refractivity (Wildman–Crippen MR) is 74.0 cm³/mol. The Bertz CT molecular complexity index is 710. The summed E-state index contributed by atoms with van der Waals surface area (Å²) in [6, 6.07) is 8.44. The van der Waals surface area contributed by atoms with Gasteiger partial charge in [0.2, 0.25) is 0 Å². The van der Waals surface area contributed by atoms with E-state index in [1.807, 2.05) is 6.07 Å². The molecule has 0 amide bonds. The zero-order valence-corrected chi connectivity index (χ0v) is 11.1. The van der Waals surface area contributed by atoms with E-state index < -0.39 is 10.7 Å². The maximum absolute atomic E-state index is 12.8. The van der Waals surface area contributed by atoms with Crippen LogP contribution in [0.5, 0.6) is 0 Å². The van der Waals surface area contributed by atoms with E-state index in [2.05, 4.69) is 10.3 Å². The molecule has 7 heteroatoms. The SMILES string of the molecule is CC(Nc1ccc(C#N)cc1[N+](=O)[O-])c1ccc(F)cn1. The first-order valence-corrected chi connectivity index (χ1v) is 6.08. The highest BCUT2D eigenvalue weighted by molar-refractivity contribution is 5.64. The van der Waals surface area contributed by atoms with Crippen molar-refractivity contribution in [2.24, 2.45) is 0 Å². The largest absolute Gasteiger partial charge is 0.371 e. The van der Waals surface area contributed by atoms with Crippen LogP contribution in [0.25, 0.3) is 0 Å². The topological polar surface area (TPSA) is 91.8 Å². The highest BCUT2D eigenvalue weighted by atomic mass is 19.1. The molecule has 106 valence electrons. The number of hydrogen-bond donors (Lipinski definition) is 1. The van der Waals surface area contributed by atoms with Gasteiger partial charge >= 0.3 is 0 Å². The normalized spacial score (nSPS) is 11.5. The van der Waals surface area contributed by atoms with Gasteiger partial charge in [-0.3, -0.25) is 15.1 Å². The number of nitriles is 1. The Hall–Kier alpha value is -3.01. The molecule has 6 nitrogen and oxygen atoms in total. The predicted octanol–water partition coefficient (Wildman–Crippen LogP) is 3.17. The second-order valence-electron chi connectivity index (χ2n) is 4.37. The van der Waals surface area contributed by atoms with Crippen molar-refractivity contribution >= 4 is 11.4 Å². The van der Waals surface area contributed by atoms with Crippen molar-refractivity contribution in [2.45, 2.75) is 13.0 Å². The van der Waals surface area contributed by atoms with Crippen LogP contribution in [0.15, 0.2) is 36.5 Å². The molecule has 1 unspecified atom stereocenters. The zero-order valence-electron chi connectivity index (χ0n) is 11.1. The summed E-state index contributed by atoms with van der Waals surface area (Å²) in [4.78, 5) is 14.4. The average molecular weight is 286 g/mol. The van der Waals surface area contributed by atoms with Crippen molar-refractivity contribution in [1.82, 2.24) is 4.98 Å². The van der Waals surface area contributed by atoms with Gasteiger partial charge in [0.1, 0.15) is 11.5 Å². The summed E-state index contributed by atoms with van der Waals surface area (Å²) >= 11 is 0. The number of pyridine rings is 1. The second-order valence-corrected chi connectivity index (χ2v) is 4.37. The number of nitrogens with zero attached hydrogens (tertiary/aromatic N) is 3. The number of aromatic nitrogens is 1. The van der Waals surface area contributed by atoms with Crippen molar-refractivity contribution in [2.75, 3.05) is 5.32 Å². The smallest absolute Gasteiger partial charge is 0.293 e. The number of nitro groups is 1. The lowest BCUT2D eigenvalue weighted by molar-refractivity contribution is -0.384. The van der Waals surface area contributed by atoms with Crippen molar-refractivity contribution in [3.63, 3.8) is 0 Å². The highest BCUT2D eigenvalue weighted by Crippen LogP contribution is 2.28. The van der Waals surface area contributed by atoms with Crippen molar-refractivity contribution < 1.29 is 9.31 Å². The van der Waals surface area contributed by atoms with Gasteiger partial charge in [-0.15, -0.1) is 0 Å². The lowest BCUT2D eigenvalue weighted by Crippen LogP contribution is -2.10. The summed E-state index contributed by atoms with van der Waals surface area (Å²) in [6.45, 7) is 1.75. The summed E-state index contributed by atoms with van der Waals surface area (Å²) in [5, 5.41) is 22.8. The number of hydrogen-bond acceptors (Lipinski definition) is 5. The molecule has 21 heavy (non-hydrogen) atoms. The molecule has 0 saturated carbocycles. The Morgan fingerprint density at radius 1 is 1.43 bits per heavy atom. The third kappa shape index (κ3) is 3.30. The molecule has 1 N–H and O–H groups in total. The van der Waals surface area contributed by atoms with Gasteiger partial charge in [0.15, 0.2) is 0 Å². The van der Waals surface area contributed by atoms with Crippen LogP contribution in [-0.4, -0.2) is 9.91 Å². The summed E-state index contributed by atoms with van der Waals surface area (Å²) in [5.41, 5.74) is 0.843. The van der Waals surface area contributed by atoms with Crippen LogP contribution in [0.3, 0.4) is 0 Å². The molecule has 2 aromatic rings. The first kappa shape index (κ1) is 14.4. The summed E-state index contributed by atoms with van der Waals surface area (Å²) in [5.74, 6) is -0.449. The number of rotatable bonds is 4. The maximum atomic E-state index is 12.8. The molecule has 0 fully saturated rings. The fourth-order valence-corrected chi connectivity index (χ4v) is 1.82. The number of halogens is 1. The lowest BCUT2D eigenvalue weighted by atomic mass is 10.1. The Labute approximate surface area is 120 Å². The molecule has 0 bridgehead atoms. The van der Waals surface area contributed by atoms with E-state index in [0.29, 0.717) is 5.69 Å². The van der Waals surface area contributed by atoms with Crippen LogP contribution in [-0.2, 0) is 0 Å². The maximum Gasteiger partial charge on any atom is 0.293 e. The average Bonchev–Trinajstić information content (AvgIpc) is 2.48. The van der Waals surface area contributed by atoms with E-state index in [-0.39, 0.29) is 23.0 Å². The lowest BCUT2D eigenvalue weighted by Gasteiger charge is -2.14. The van der Waals surface area contributed by atoms with E-state index in [4.69, 9.17) is 5.26 Å². The number of benzene rings is 1. The van der Waals surface area contributed by atoms with Crippen LogP contribution in [0, 0.1) is 27.3 Å². The molecule has 1 aromatic heterocycles. The van der Waals surface area contributed by atoms with Gasteiger partial charge in [-0.25, -0.2) is 4.39 Å². The van der Waals surface area contributed by atoms with Gasteiger partial charge in [-0.05, 0) is 31.2 Å². The fourth-order valence-electron chi connectivity index (χ4n) is 1.82. The van der Waals surface area contributed by atoms with Gasteiger partial charge in [-0.2, -0.15) is 5.26 Å². The summed E-state index contributed by atoms with van der Waals surface area (Å²) < 4.78 is 12.8. The van der Waals surface area contributed by atoms with Crippen LogP contribution in [0.2, 0.25) is 0 Å². The third-order valence-electron chi connectivity index (χ3n) is 2.89. The fraction of sp³-hybridized carbons (Fsp3) is 0.143. The Kier molecular flexibility index (Phi) is 4.09. The van der Waals surface area contributed by atoms with E-state index in [1.54, 1.807) is 6.92 Å². The first-order chi connectivity index (χ1) is 10.0. The standard InChI is InChI=1S/C14H11FN4O2/c1-9(12-5-3-11(15)8-17-12)18-13-4-2-10(7-16)6-14(13)19(20)21/h2-6,8-9,18H,1H3. The van der Waals surface area contributed by atoms with Gasteiger partial charge < -0.3 is 5.32 Å². The van der Waals surface area contributed by atoms with Gasteiger partial charge in [0.25, 0.3) is 5.69 Å². The van der Waals surface area contributed by atoms with E-state index in [9.17, 15) is 14.5 Å². The molecule has 1 atom stereocenters. The molecule has 0 aliphatic rings. The molecule has 0 saturated heterocycles. The Balaban J connectivity index is 2.28. The van der Waals surface area contributed by atoms with E-state index >= 15 is 0 Å². The number of nitro benzene ring substituents is 1. The molecule has 2 rings (SSSR count). The van der Waals surface area contributed by atoms with E-state index in [0.717, 1.165) is 6.20 Å². The van der Waals surface area contributed by atoms with Crippen LogP contribution in [0.4, 0.5) is 15.8 Å². The first-order valence-electron chi connectivity index (χ1n) is 6.08. The van der Waals surface area contributed by atoms with Crippen LogP contribution >= 0.6 is 0 Å². The van der Waals surface area contributed by atoms with Crippen LogP contribution in [0.1, 0.15) is 24.2 Å². The quantitative estimate of drug-likeness (QED) is 0.688. The monoisotopic (exact) mass is 286 g/mol. The number of anilines is 1. The third-order valence-corrected chi connectivity index (χ3v) is 2.89. The summed E-state index contributed by atoms with van der Waals surface area (Å²) in [6.07, 6.45) is 1.08. The summed E-state index contributed by atoms with van der Waals surface area (Å²) in [7, 11) is 0. The zero-order chi connectivity index (χ0) is 15.4. The molecule has 0 spiro atoms. The minimum absolute atomic E-state index is 0.192. The van der Waals surface area contributed by atoms with Gasteiger partial charge in [-0.1, -0.05) is 0 Å². The molecule has 0 aliphatic heterocycles. The van der Waals surface area contributed by atoms with E-state index in [1.165, 1.54) is 30.3 Å². The molecule has 0 aliphatic carbocycles.